The summed E-state index contributed by atoms with van der Waals surface area (Å²) in [5.41, 5.74) is 1.62. The second-order valence-electron chi connectivity index (χ2n) is 7.26. The Morgan fingerprint density at radius 1 is 1.25 bits per heavy atom. The fraction of sp³-hybridized carbons (Fsp3) is 0.526. The van der Waals surface area contributed by atoms with Gasteiger partial charge in [0, 0.05) is 56.0 Å². The van der Waals surface area contributed by atoms with Crippen molar-refractivity contribution >= 4 is 33.4 Å². The lowest BCUT2D eigenvalue weighted by atomic mass is 10.1. The summed E-state index contributed by atoms with van der Waals surface area (Å²) in [6.45, 7) is 5.66. The molecule has 2 saturated heterocycles. The number of hydrogen-bond acceptors (Lipinski definition) is 5. The van der Waals surface area contributed by atoms with Crippen LogP contribution in [-0.2, 0) is 20.9 Å². The first-order valence-electron chi connectivity index (χ1n) is 9.57. The highest BCUT2D eigenvalue weighted by Crippen LogP contribution is 2.18. The molecule has 2 aromatic rings. The van der Waals surface area contributed by atoms with Crippen molar-refractivity contribution < 1.29 is 14.3 Å². The molecule has 0 saturated carbocycles. The standard InChI is InChI=1S/C19H24BrN5O3/c20-15-1-2-17-22-16(13-25(17)12-15)10-21-19(27)14-9-18(26)24(11-14)4-3-23-5-7-28-8-6-23/h1-2,12-14H,3-11H2,(H,21,27). The molecule has 0 bridgehead atoms. The van der Waals surface area contributed by atoms with Crippen LogP contribution in [0.1, 0.15) is 12.1 Å². The van der Waals surface area contributed by atoms with E-state index in [9.17, 15) is 9.59 Å². The van der Waals surface area contributed by atoms with Gasteiger partial charge >= 0.3 is 0 Å². The Hall–Kier alpha value is -1.97. The van der Waals surface area contributed by atoms with Crippen molar-refractivity contribution in [1.82, 2.24) is 24.5 Å². The molecule has 1 N–H and O–H groups in total. The topological polar surface area (TPSA) is 79.2 Å². The predicted molar refractivity (Wildman–Crippen MR) is 107 cm³/mol. The van der Waals surface area contributed by atoms with Crippen molar-refractivity contribution in [3.8, 4) is 0 Å². The van der Waals surface area contributed by atoms with Crippen molar-refractivity contribution in [2.24, 2.45) is 5.92 Å². The van der Waals surface area contributed by atoms with Crippen molar-refractivity contribution in [2.75, 3.05) is 45.9 Å². The zero-order valence-electron chi connectivity index (χ0n) is 15.6. The Morgan fingerprint density at radius 3 is 2.89 bits per heavy atom. The normalized spacial score (nSPS) is 20.8. The largest absolute Gasteiger partial charge is 0.379 e. The highest BCUT2D eigenvalue weighted by atomic mass is 79.9. The number of carbonyl (C=O) groups excluding carboxylic acids is 2. The first-order chi connectivity index (χ1) is 13.6. The fourth-order valence-electron chi connectivity index (χ4n) is 3.68. The van der Waals surface area contributed by atoms with Crippen molar-refractivity contribution in [1.29, 1.82) is 0 Å². The van der Waals surface area contributed by atoms with Crippen LogP contribution in [-0.4, -0.2) is 76.9 Å². The van der Waals surface area contributed by atoms with E-state index in [0.29, 0.717) is 19.6 Å². The molecular weight excluding hydrogens is 426 g/mol. The Morgan fingerprint density at radius 2 is 2.07 bits per heavy atom. The van der Waals surface area contributed by atoms with Crippen LogP contribution in [0.5, 0.6) is 0 Å². The van der Waals surface area contributed by atoms with Crippen LogP contribution in [0.3, 0.4) is 0 Å². The maximum Gasteiger partial charge on any atom is 0.225 e. The van der Waals surface area contributed by atoms with Gasteiger partial charge in [-0.3, -0.25) is 14.5 Å². The number of amides is 2. The minimum absolute atomic E-state index is 0.0611. The number of hydrogen-bond donors (Lipinski definition) is 1. The molecule has 1 atom stereocenters. The van der Waals surface area contributed by atoms with E-state index in [1.165, 1.54) is 0 Å². The molecule has 8 nitrogen and oxygen atoms in total. The molecule has 2 aliphatic rings. The Bertz CT molecular complexity index is 864. The van der Waals surface area contributed by atoms with E-state index in [-0.39, 0.29) is 24.2 Å². The summed E-state index contributed by atoms with van der Waals surface area (Å²) in [6.07, 6.45) is 4.11. The number of nitrogens with zero attached hydrogens (tertiary/aromatic N) is 4. The second kappa shape index (κ2) is 8.59. The van der Waals surface area contributed by atoms with Crippen molar-refractivity contribution in [3.05, 3.63) is 34.7 Å². The summed E-state index contributed by atoms with van der Waals surface area (Å²) in [6, 6.07) is 3.84. The van der Waals surface area contributed by atoms with Gasteiger partial charge in [0.15, 0.2) is 0 Å². The van der Waals surface area contributed by atoms with Crippen LogP contribution < -0.4 is 5.32 Å². The highest BCUT2D eigenvalue weighted by Gasteiger charge is 2.34. The van der Waals surface area contributed by atoms with Gasteiger partial charge in [-0.1, -0.05) is 0 Å². The van der Waals surface area contributed by atoms with Crippen LogP contribution in [0.2, 0.25) is 0 Å². The number of rotatable bonds is 6. The van der Waals surface area contributed by atoms with E-state index in [1.54, 1.807) is 0 Å². The molecule has 2 fully saturated rings. The zero-order valence-corrected chi connectivity index (χ0v) is 17.2. The maximum atomic E-state index is 12.5. The third-order valence-corrected chi connectivity index (χ3v) is 5.75. The number of halogens is 1. The lowest BCUT2D eigenvalue weighted by Crippen LogP contribution is -2.42. The Labute approximate surface area is 172 Å². The van der Waals surface area contributed by atoms with E-state index in [4.69, 9.17) is 4.74 Å². The molecule has 2 aliphatic heterocycles. The summed E-state index contributed by atoms with van der Waals surface area (Å²) in [5.74, 6) is -0.310. The van der Waals surface area contributed by atoms with Crippen LogP contribution in [0.15, 0.2) is 29.0 Å². The minimum Gasteiger partial charge on any atom is -0.379 e. The minimum atomic E-state index is -0.289. The van der Waals surface area contributed by atoms with Gasteiger partial charge in [0.25, 0.3) is 0 Å². The smallest absolute Gasteiger partial charge is 0.225 e. The number of carbonyl (C=O) groups is 2. The molecule has 0 radical (unpaired) electrons. The summed E-state index contributed by atoms with van der Waals surface area (Å²) in [5, 5.41) is 2.93. The Balaban J connectivity index is 1.26. The lowest BCUT2D eigenvalue weighted by molar-refractivity contribution is -0.129. The van der Waals surface area contributed by atoms with Gasteiger partial charge < -0.3 is 19.4 Å². The van der Waals surface area contributed by atoms with Crippen LogP contribution in [0, 0.1) is 5.92 Å². The van der Waals surface area contributed by atoms with Gasteiger partial charge in [-0.05, 0) is 28.1 Å². The third-order valence-electron chi connectivity index (χ3n) is 5.28. The number of pyridine rings is 1. The summed E-state index contributed by atoms with van der Waals surface area (Å²) in [4.78, 5) is 33.4. The van der Waals surface area contributed by atoms with Gasteiger partial charge in [-0.25, -0.2) is 4.98 Å². The molecule has 9 heteroatoms. The first-order valence-corrected chi connectivity index (χ1v) is 10.4. The van der Waals surface area contributed by atoms with E-state index < -0.39 is 0 Å². The molecule has 0 aromatic carbocycles. The molecule has 4 heterocycles. The maximum absolute atomic E-state index is 12.5. The quantitative estimate of drug-likeness (QED) is 0.708. The zero-order chi connectivity index (χ0) is 19.5. The number of aromatic nitrogens is 2. The van der Waals surface area contributed by atoms with Gasteiger partial charge in [0.05, 0.1) is 31.4 Å². The van der Waals surface area contributed by atoms with Crippen LogP contribution >= 0.6 is 15.9 Å². The predicted octanol–water partition coefficient (Wildman–Crippen LogP) is 0.894. The van der Waals surface area contributed by atoms with Gasteiger partial charge in [-0.15, -0.1) is 0 Å². The van der Waals surface area contributed by atoms with E-state index in [1.807, 2.05) is 33.8 Å². The number of imidazole rings is 1. The molecule has 2 aromatic heterocycles. The Kier molecular flexibility index (Phi) is 5.93. The molecule has 0 spiro atoms. The summed E-state index contributed by atoms with van der Waals surface area (Å²) >= 11 is 3.43. The average Bonchev–Trinajstić information content (AvgIpc) is 3.28. The van der Waals surface area contributed by atoms with Gasteiger partial charge in [-0.2, -0.15) is 0 Å². The molecule has 28 heavy (non-hydrogen) atoms. The number of nitrogens with one attached hydrogen (secondary N) is 1. The van der Waals surface area contributed by atoms with E-state index in [0.717, 1.165) is 48.7 Å². The lowest BCUT2D eigenvalue weighted by Gasteiger charge is -2.28. The molecule has 0 aliphatic carbocycles. The number of likely N-dealkylation sites (tertiary alicyclic amines) is 1. The second-order valence-corrected chi connectivity index (χ2v) is 8.17. The molecule has 2 amide bonds. The van der Waals surface area contributed by atoms with Crippen molar-refractivity contribution in [3.63, 3.8) is 0 Å². The molecule has 4 rings (SSSR count). The molecule has 150 valence electrons. The first kappa shape index (κ1) is 19.4. The van der Waals surface area contributed by atoms with E-state index >= 15 is 0 Å². The van der Waals surface area contributed by atoms with Crippen LogP contribution in [0.25, 0.3) is 5.65 Å². The number of ether oxygens (including phenoxy) is 1. The number of morpholine rings is 1. The summed E-state index contributed by atoms with van der Waals surface area (Å²) < 4.78 is 8.23. The van der Waals surface area contributed by atoms with E-state index in [2.05, 4.69) is 31.1 Å². The summed E-state index contributed by atoms with van der Waals surface area (Å²) in [7, 11) is 0. The monoisotopic (exact) mass is 449 g/mol. The highest BCUT2D eigenvalue weighted by molar-refractivity contribution is 9.10. The molecule has 1 unspecified atom stereocenters. The fourth-order valence-corrected chi connectivity index (χ4v) is 4.03. The molecular formula is C19H24BrN5O3. The van der Waals surface area contributed by atoms with Crippen molar-refractivity contribution in [2.45, 2.75) is 13.0 Å². The van der Waals surface area contributed by atoms with Gasteiger partial charge in [0.1, 0.15) is 5.65 Å². The van der Waals surface area contributed by atoms with Gasteiger partial charge in [0.2, 0.25) is 11.8 Å². The average molecular weight is 450 g/mol. The SMILES string of the molecule is O=C(NCc1cn2cc(Br)ccc2n1)C1CC(=O)N(CCN2CCOCC2)C1. The number of fused-ring (bicyclic) bond motifs is 1. The van der Waals surface area contributed by atoms with Crippen LogP contribution in [0.4, 0.5) is 0 Å². The third kappa shape index (κ3) is 4.53.